The van der Waals surface area contributed by atoms with Gasteiger partial charge in [-0.1, -0.05) is 37.8 Å². The monoisotopic (exact) mass is 425 g/mol. The van der Waals surface area contributed by atoms with Crippen LogP contribution in [-0.2, 0) is 0 Å². The number of hydrogen-bond acceptors (Lipinski definition) is 7. The standard InChI is InChI=1S/C23H32FN7/c1-18(19-10-12-20(24)13-11-19)28-29-21-25-22(30-14-6-2-3-7-15-30)27-23(26-21)31-16-8-4-5-9-17-31/h10-13H,2-9,14-17H2,1H3,(H,25,26,27,29)/b28-18-. The zero-order chi connectivity index (χ0) is 21.5. The maximum atomic E-state index is 13.2. The van der Waals surface area contributed by atoms with E-state index in [0.29, 0.717) is 5.95 Å². The predicted molar refractivity (Wildman–Crippen MR) is 123 cm³/mol. The molecule has 2 saturated heterocycles. The van der Waals surface area contributed by atoms with Crippen molar-refractivity contribution in [3.63, 3.8) is 0 Å². The molecular formula is C23H32FN7. The van der Waals surface area contributed by atoms with Gasteiger partial charge in [0.25, 0.3) is 0 Å². The lowest BCUT2D eigenvalue weighted by Gasteiger charge is -2.24. The van der Waals surface area contributed by atoms with Crippen molar-refractivity contribution >= 4 is 23.6 Å². The Labute approximate surface area is 183 Å². The Balaban J connectivity index is 1.60. The van der Waals surface area contributed by atoms with E-state index >= 15 is 0 Å². The Hall–Kier alpha value is -2.77. The fourth-order valence-corrected chi connectivity index (χ4v) is 4.12. The van der Waals surface area contributed by atoms with Crippen molar-refractivity contribution in [2.45, 2.75) is 58.3 Å². The maximum Gasteiger partial charge on any atom is 0.250 e. The highest BCUT2D eigenvalue weighted by Gasteiger charge is 2.19. The summed E-state index contributed by atoms with van der Waals surface area (Å²) in [5.41, 5.74) is 4.62. The van der Waals surface area contributed by atoms with Crippen molar-refractivity contribution < 1.29 is 4.39 Å². The van der Waals surface area contributed by atoms with Crippen LogP contribution in [0, 0.1) is 5.82 Å². The van der Waals surface area contributed by atoms with Crippen LogP contribution < -0.4 is 15.2 Å². The summed E-state index contributed by atoms with van der Waals surface area (Å²) >= 11 is 0. The molecule has 2 fully saturated rings. The van der Waals surface area contributed by atoms with Crippen LogP contribution >= 0.6 is 0 Å². The summed E-state index contributed by atoms with van der Waals surface area (Å²) in [4.78, 5) is 18.8. The molecule has 8 heteroatoms. The summed E-state index contributed by atoms with van der Waals surface area (Å²) in [6.07, 6.45) is 9.68. The van der Waals surface area contributed by atoms with Crippen molar-refractivity contribution in [3.05, 3.63) is 35.6 Å². The molecule has 0 radical (unpaired) electrons. The van der Waals surface area contributed by atoms with Crippen LogP contribution in [0.3, 0.4) is 0 Å². The highest BCUT2D eigenvalue weighted by atomic mass is 19.1. The maximum absolute atomic E-state index is 13.2. The van der Waals surface area contributed by atoms with E-state index in [0.717, 1.165) is 75.0 Å². The van der Waals surface area contributed by atoms with E-state index in [1.165, 1.54) is 37.8 Å². The van der Waals surface area contributed by atoms with Crippen molar-refractivity contribution in [2.24, 2.45) is 5.10 Å². The van der Waals surface area contributed by atoms with E-state index in [4.69, 9.17) is 15.0 Å². The van der Waals surface area contributed by atoms with Gasteiger partial charge < -0.3 is 9.80 Å². The highest BCUT2D eigenvalue weighted by molar-refractivity contribution is 5.98. The van der Waals surface area contributed by atoms with Crippen LogP contribution in [0.4, 0.5) is 22.2 Å². The van der Waals surface area contributed by atoms with Crippen molar-refractivity contribution in [3.8, 4) is 0 Å². The third-order valence-electron chi connectivity index (χ3n) is 5.98. The average molecular weight is 426 g/mol. The van der Waals surface area contributed by atoms with Crippen LogP contribution in [0.2, 0.25) is 0 Å². The van der Waals surface area contributed by atoms with Crippen LogP contribution in [0.5, 0.6) is 0 Å². The minimum Gasteiger partial charge on any atom is -0.341 e. The molecule has 0 bridgehead atoms. The van der Waals surface area contributed by atoms with Gasteiger partial charge in [0.15, 0.2) is 0 Å². The van der Waals surface area contributed by atoms with Gasteiger partial charge in [0.05, 0.1) is 5.71 Å². The largest absolute Gasteiger partial charge is 0.341 e. The summed E-state index contributed by atoms with van der Waals surface area (Å²) in [5.74, 6) is 1.66. The second-order valence-corrected chi connectivity index (χ2v) is 8.38. The molecule has 0 atom stereocenters. The molecule has 31 heavy (non-hydrogen) atoms. The minimum absolute atomic E-state index is 0.258. The van der Waals surface area contributed by atoms with E-state index in [1.807, 2.05) is 6.92 Å². The molecule has 1 N–H and O–H groups in total. The van der Waals surface area contributed by atoms with E-state index < -0.39 is 0 Å². The summed E-state index contributed by atoms with van der Waals surface area (Å²) in [6.45, 7) is 5.77. The summed E-state index contributed by atoms with van der Waals surface area (Å²) in [6, 6.07) is 6.31. The zero-order valence-electron chi connectivity index (χ0n) is 18.4. The number of benzene rings is 1. The molecule has 1 aromatic heterocycles. The number of rotatable bonds is 5. The Kier molecular flexibility index (Phi) is 7.27. The molecule has 2 aliphatic heterocycles. The Morgan fingerprint density at radius 1 is 0.774 bits per heavy atom. The Bertz CT molecular complexity index is 830. The summed E-state index contributed by atoms with van der Waals surface area (Å²) in [5, 5.41) is 4.46. The lowest BCUT2D eigenvalue weighted by Crippen LogP contribution is -2.30. The predicted octanol–water partition coefficient (Wildman–Crippen LogP) is 4.61. The average Bonchev–Trinajstić information content (AvgIpc) is 3.23. The number of nitrogens with one attached hydrogen (secondary N) is 1. The molecule has 1 aromatic carbocycles. The van der Waals surface area contributed by atoms with Gasteiger partial charge in [-0.25, -0.2) is 9.82 Å². The van der Waals surface area contributed by atoms with E-state index in [9.17, 15) is 4.39 Å². The van der Waals surface area contributed by atoms with Gasteiger partial charge in [-0.05, 0) is 50.3 Å². The molecule has 0 saturated carbocycles. The molecule has 2 aromatic rings. The van der Waals surface area contributed by atoms with Crippen LogP contribution in [0.15, 0.2) is 29.4 Å². The van der Waals surface area contributed by atoms with Crippen LogP contribution in [0.25, 0.3) is 0 Å². The number of hydrazone groups is 1. The topological polar surface area (TPSA) is 69.5 Å². The molecule has 0 amide bonds. The molecule has 0 spiro atoms. The molecule has 4 rings (SSSR count). The number of nitrogens with zero attached hydrogens (tertiary/aromatic N) is 6. The second kappa shape index (κ2) is 10.5. The summed E-state index contributed by atoms with van der Waals surface area (Å²) in [7, 11) is 0. The van der Waals surface area contributed by atoms with Gasteiger partial charge in [0.1, 0.15) is 5.82 Å². The number of hydrogen-bond donors (Lipinski definition) is 1. The van der Waals surface area contributed by atoms with Gasteiger partial charge in [0.2, 0.25) is 17.8 Å². The van der Waals surface area contributed by atoms with Crippen molar-refractivity contribution in [1.82, 2.24) is 15.0 Å². The minimum atomic E-state index is -0.258. The SMILES string of the molecule is C/C(=N/Nc1nc(N2CCCCCC2)nc(N2CCCCCC2)n1)c1ccc(F)cc1. The molecule has 0 unspecified atom stereocenters. The van der Waals surface area contributed by atoms with Crippen molar-refractivity contribution in [2.75, 3.05) is 41.4 Å². The first-order chi connectivity index (χ1) is 15.2. The van der Waals surface area contributed by atoms with Gasteiger partial charge in [-0.15, -0.1) is 0 Å². The molecule has 3 heterocycles. The number of halogens is 1. The van der Waals surface area contributed by atoms with Gasteiger partial charge in [0, 0.05) is 26.2 Å². The number of aromatic nitrogens is 3. The third-order valence-corrected chi connectivity index (χ3v) is 5.98. The third kappa shape index (κ3) is 5.89. The fraction of sp³-hybridized carbons (Fsp3) is 0.565. The van der Waals surface area contributed by atoms with Crippen LogP contribution in [-0.4, -0.2) is 46.8 Å². The summed E-state index contributed by atoms with van der Waals surface area (Å²) < 4.78 is 13.2. The van der Waals surface area contributed by atoms with Crippen molar-refractivity contribution in [1.29, 1.82) is 0 Å². The normalized spacial score (nSPS) is 18.5. The molecule has 7 nitrogen and oxygen atoms in total. The smallest absolute Gasteiger partial charge is 0.250 e. The van der Waals surface area contributed by atoms with E-state index in [1.54, 1.807) is 12.1 Å². The fourth-order valence-electron chi connectivity index (χ4n) is 4.12. The van der Waals surface area contributed by atoms with Gasteiger partial charge >= 0.3 is 0 Å². The molecule has 166 valence electrons. The molecule has 0 aliphatic carbocycles. The molecule has 2 aliphatic rings. The molecular weight excluding hydrogens is 393 g/mol. The van der Waals surface area contributed by atoms with Gasteiger partial charge in [-0.3, -0.25) is 0 Å². The highest BCUT2D eigenvalue weighted by Crippen LogP contribution is 2.22. The van der Waals surface area contributed by atoms with Crippen LogP contribution in [0.1, 0.15) is 63.9 Å². The lowest BCUT2D eigenvalue weighted by molar-refractivity contribution is 0.628. The van der Waals surface area contributed by atoms with E-state index in [2.05, 4.69) is 20.3 Å². The zero-order valence-corrected chi connectivity index (χ0v) is 18.4. The second-order valence-electron chi connectivity index (χ2n) is 8.38. The first-order valence-electron chi connectivity index (χ1n) is 11.5. The lowest BCUT2D eigenvalue weighted by atomic mass is 10.1. The first kappa shape index (κ1) is 21.5. The van der Waals surface area contributed by atoms with E-state index in [-0.39, 0.29) is 5.82 Å². The Morgan fingerprint density at radius 3 is 1.74 bits per heavy atom. The van der Waals surface area contributed by atoms with Gasteiger partial charge in [-0.2, -0.15) is 20.1 Å². The Morgan fingerprint density at radius 2 is 1.26 bits per heavy atom. The quantitative estimate of drug-likeness (QED) is 0.557. The first-order valence-corrected chi connectivity index (χ1v) is 11.5. The number of anilines is 3.